The Kier molecular flexibility index (Phi) is 5.28. The molecule has 0 spiro atoms. The third kappa shape index (κ3) is 3.68. The third-order valence-electron chi connectivity index (χ3n) is 8.41. The Morgan fingerprint density at radius 1 is 1.12 bits per heavy atom. The van der Waals surface area contributed by atoms with Crippen LogP contribution in [0.5, 0.6) is 0 Å². The Bertz CT molecular complexity index is 1120. The molecule has 0 saturated carbocycles. The van der Waals surface area contributed by atoms with E-state index in [0.29, 0.717) is 18.4 Å². The van der Waals surface area contributed by atoms with E-state index >= 15 is 0 Å². The van der Waals surface area contributed by atoms with Gasteiger partial charge in [-0.25, -0.2) is 0 Å². The second kappa shape index (κ2) is 8.32. The Hall–Kier alpha value is -2.60. The number of likely N-dealkylation sites (tertiary alicyclic amines) is 1. The number of carbonyl (C=O) groups is 2. The van der Waals surface area contributed by atoms with E-state index in [2.05, 4.69) is 21.2 Å². The third-order valence-corrected chi connectivity index (χ3v) is 8.41. The van der Waals surface area contributed by atoms with E-state index in [-0.39, 0.29) is 17.9 Å². The number of hydrogen-bond donors (Lipinski definition) is 1. The molecular formula is C27H34N4O2. The zero-order chi connectivity index (χ0) is 22.5. The van der Waals surface area contributed by atoms with Crippen molar-refractivity contribution in [3.05, 3.63) is 42.1 Å². The highest BCUT2D eigenvalue weighted by atomic mass is 16.2. The number of benzene rings is 1. The van der Waals surface area contributed by atoms with E-state index in [1.54, 1.807) is 0 Å². The van der Waals surface area contributed by atoms with Gasteiger partial charge in [0.25, 0.3) is 0 Å². The fourth-order valence-electron chi connectivity index (χ4n) is 7.15. The van der Waals surface area contributed by atoms with Crippen LogP contribution < -0.4 is 5.32 Å². The number of nitrogens with one attached hydrogen (secondary N) is 1. The molecule has 1 aromatic heterocycles. The van der Waals surface area contributed by atoms with E-state index in [1.165, 1.54) is 44.7 Å². The molecule has 174 valence electrons. The first-order valence-corrected chi connectivity index (χ1v) is 12.7. The van der Waals surface area contributed by atoms with Gasteiger partial charge >= 0.3 is 0 Å². The summed E-state index contributed by atoms with van der Waals surface area (Å²) >= 11 is 0. The van der Waals surface area contributed by atoms with Crippen LogP contribution in [0.25, 0.3) is 10.9 Å². The highest BCUT2D eigenvalue weighted by molar-refractivity contribution is 6.01. The van der Waals surface area contributed by atoms with Crippen LogP contribution in [0, 0.1) is 11.8 Å². The van der Waals surface area contributed by atoms with Crippen molar-refractivity contribution in [2.45, 2.75) is 64.1 Å². The van der Waals surface area contributed by atoms with E-state index < -0.39 is 0 Å². The normalized spacial score (nSPS) is 29.2. The molecule has 4 aliphatic rings. The van der Waals surface area contributed by atoms with Crippen molar-refractivity contribution >= 4 is 28.4 Å². The van der Waals surface area contributed by atoms with Gasteiger partial charge in [-0.3, -0.25) is 14.5 Å². The molecule has 1 aliphatic carbocycles. The van der Waals surface area contributed by atoms with Crippen molar-refractivity contribution in [3.8, 4) is 0 Å². The molecule has 4 atom stereocenters. The Balaban J connectivity index is 1.25. The van der Waals surface area contributed by atoms with Crippen molar-refractivity contribution in [2.24, 2.45) is 11.8 Å². The fourth-order valence-corrected chi connectivity index (χ4v) is 7.15. The molecule has 4 heterocycles. The van der Waals surface area contributed by atoms with Gasteiger partial charge in [-0.1, -0.05) is 24.1 Å². The molecule has 3 aliphatic heterocycles. The number of nitrogens with zero attached hydrogens (tertiary/aromatic N) is 3. The lowest BCUT2D eigenvalue weighted by Crippen LogP contribution is -2.60. The lowest BCUT2D eigenvalue weighted by Gasteiger charge is -2.54. The maximum absolute atomic E-state index is 13.7. The number of hydrogen-bond acceptors (Lipinski definition) is 3. The van der Waals surface area contributed by atoms with Gasteiger partial charge in [-0.05, 0) is 68.7 Å². The number of rotatable bonds is 3. The number of carbonyl (C=O) groups excluding carboxylic acids is 2. The van der Waals surface area contributed by atoms with Gasteiger partial charge < -0.3 is 14.8 Å². The number of fused-ring (bicyclic) bond motifs is 7. The van der Waals surface area contributed by atoms with E-state index in [0.717, 1.165) is 48.6 Å². The first-order valence-electron chi connectivity index (χ1n) is 12.7. The molecule has 0 unspecified atom stereocenters. The van der Waals surface area contributed by atoms with Gasteiger partial charge in [0.1, 0.15) is 6.54 Å². The van der Waals surface area contributed by atoms with Crippen LogP contribution in [0.2, 0.25) is 0 Å². The molecule has 1 aromatic carbocycles. The second-order valence-corrected chi connectivity index (χ2v) is 10.5. The second-order valence-electron chi connectivity index (χ2n) is 10.5. The Morgan fingerprint density at radius 3 is 2.91 bits per heavy atom. The lowest BCUT2D eigenvalue weighted by atomic mass is 9.68. The summed E-state index contributed by atoms with van der Waals surface area (Å²) in [5.41, 5.74) is 3.32. The van der Waals surface area contributed by atoms with Gasteiger partial charge in [0.15, 0.2) is 0 Å². The van der Waals surface area contributed by atoms with Crippen LogP contribution in [-0.2, 0) is 16.1 Å². The molecule has 6 rings (SSSR count). The van der Waals surface area contributed by atoms with Crippen molar-refractivity contribution in [1.29, 1.82) is 0 Å². The van der Waals surface area contributed by atoms with Crippen molar-refractivity contribution in [1.82, 2.24) is 14.4 Å². The van der Waals surface area contributed by atoms with Crippen LogP contribution >= 0.6 is 0 Å². The Labute approximate surface area is 195 Å². The number of piperidine rings is 3. The van der Waals surface area contributed by atoms with Gasteiger partial charge in [-0.2, -0.15) is 0 Å². The Morgan fingerprint density at radius 2 is 2.03 bits per heavy atom. The summed E-state index contributed by atoms with van der Waals surface area (Å²) in [4.78, 5) is 30.2. The number of aromatic nitrogens is 1. The highest BCUT2D eigenvalue weighted by Crippen LogP contribution is 2.45. The first-order chi connectivity index (χ1) is 16.1. The molecule has 1 N–H and O–H groups in total. The van der Waals surface area contributed by atoms with Crippen molar-refractivity contribution in [3.63, 3.8) is 0 Å². The summed E-state index contributed by atoms with van der Waals surface area (Å²) < 4.78 is 2.04. The van der Waals surface area contributed by atoms with Crippen LogP contribution in [-0.4, -0.2) is 57.9 Å². The van der Waals surface area contributed by atoms with Gasteiger partial charge in [-0.15, -0.1) is 0 Å². The zero-order valence-corrected chi connectivity index (χ0v) is 19.5. The summed E-state index contributed by atoms with van der Waals surface area (Å²) in [6.45, 7) is 5.11. The van der Waals surface area contributed by atoms with Crippen LogP contribution in [0.15, 0.2) is 42.1 Å². The van der Waals surface area contributed by atoms with Gasteiger partial charge in [0.05, 0.1) is 17.2 Å². The minimum atomic E-state index is -0.0852. The molecule has 2 aromatic rings. The summed E-state index contributed by atoms with van der Waals surface area (Å²) in [5.74, 6) is 1.39. The topological polar surface area (TPSA) is 57.6 Å². The SMILES string of the molecule is CC(=O)Nc1cccc2c1ccn2CC(=O)N1CCCC2=C[C@H]3C[C@@H](CN4CCCC[C@@H]34)[C@H]21. The first kappa shape index (κ1) is 21.0. The number of anilines is 1. The smallest absolute Gasteiger partial charge is 0.243 e. The average molecular weight is 447 g/mol. The van der Waals surface area contributed by atoms with Gasteiger partial charge in [0, 0.05) is 37.6 Å². The zero-order valence-electron chi connectivity index (χ0n) is 19.5. The monoisotopic (exact) mass is 446 g/mol. The minimum Gasteiger partial charge on any atom is -0.338 e. The molecule has 6 heteroatoms. The van der Waals surface area contributed by atoms with Crippen LogP contribution in [0.4, 0.5) is 5.69 Å². The summed E-state index contributed by atoms with van der Waals surface area (Å²) in [6.07, 6.45) is 12.1. The fraction of sp³-hybridized carbons (Fsp3) is 0.556. The molecule has 3 saturated heterocycles. The average Bonchev–Trinajstić information content (AvgIpc) is 3.22. The molecule has 2 bridgehead atoms. The molecule has 3 fully saturated rings. The van der Waals surface area contributed by atoms with Crippen LogP contribution in [0.3, 0.4) is 0 Å². The molecule has 6 nitrogen and oxygen atoms in total. The van der Waals surface area contributed by atoms with Gasteiger partial charge in [0.2, 0.25) is 11.8 Å². The van der Waals surface area contributed by atoms with E-state index in [4.69, 9.17) is 0 Å². The van der Waals surface area contributed by atoms with Crippen molar-refractivity contribution in [2.75, 3.05) is 25.0 Å². The quantitative estimate of drug-likeness (QED) is 0.725. The largest absolute Gasteiger partial charge is 0.338 e. The predicted molar refractivity (Wildman–Crippen MR) is 130 cm³/mol. The summed E-state index contributed by atoms with van der Waals surface area (Å²) in [7, 11) is 0. The molecular weight excluding hydrogens is 412 g/mol. The lowest BCUT2D eigenvalue weighted by molar-refractivity contribution is -0.136. The molecule has 2 amide bonds. The summed E-state index contributed by atoms with van der Waals surface area (Å²) in [5, 5.41) is 3.88. The molecule has 0 radical (unpaired) electrons. The highest BCUT2D eigenvalue weighted by Gasteiger charge is 2.46. The van der Waals surface area contributed by atoms with E-state index in [1.807, 2.05) is 35.0 Å². The minimum absolute atomic E-state index is 0.0852. The van der Waals surface area contributed by atoms with Crippen molar-refractivity contribution < 1.29 is 9.59 Å². The maximum atomic E-state index is 13.7. The predicted octanol–water partition coefficient (Wildman–Crippen LogP) is 4.02. The van der Waals surface area contributed by atoms with Crippen LogP contribution in [0.1, 0.15) is 45.4 Å². The standard InChI is InChI=1S/C27H34N4O2/c1-18(32)28-23-7-4-9-25-22(23)10-13-30(25)17-26(33)31-12-5-6-19-14-20-15-21(27(19)31)16-29-11-3-2-8-24(20)29/h4,7,9-10,13-14,20-21,24,27H,2-3,5-6,8,11-12,15-17H2,1H3,(H,28,32)/t20-,21-,24-,27-/m0/s1. The maximum Gasteiger partial charge on any atom is 0.243 e. The van der Waals surface area contributed by atoms with E-state index in [9.17, 15) is 9.59 Å². The summed E-state index contributed by atoms with van der Waals surface area (Å²) in [6, 6.07) is 8.89. The number of amides is 2. The molecule has 33 heavy (non-hydrogen) atoms.